The fourth-order valence-corrected chi connectivity index (χ4v) is 2.74. The number of nitrogens with zero attached hydrogens (tertiary/aromatic N) is 1. The van der Waals surface area contributed by atoms with Crippen molar-refractivity contribution in [3.8, 4) is 0 Å². The van der Waals surface area contributed by atoms with E-state index >= 15 is 0 Å². The van der Waals surface area contributed by atoms with Crippen LogP contribution in [0.2, 0.25) is 0 Å². The van der Waals surface area contributed by atoms with Crippen LogP contribution in [0.15, 0.2) is 17.2 Å². The SMILES string of the molecule is CC(C)C(C)NC(=O)c1cc(S(N)(=O)=O)cn1C1CCC1. The van der Waals surface area contributed by atoms with Crippen LogP contribution in [-0.2, 0) is 10.0 Å². The number of nitrogens with one attached hydrogen (secondary N) is 1. The number of carbonyl (C=O) groups excluding carboxylic acids is 1. The van der Waals surface area contributed by atoms with Crippen LogP contribution in [0, 0.1) is 5.92 Å². The molecule has 7 heteroatoms. The summed E-state index contributed by atoms with van der Waals surface area (Å²) in [6.45, 7) is 5.97. The normalized spacial score (nSPS) is 17.6. The highest BCUT2D eigenvalue weighted by Crippen LogP contribution is 2.34. The van der Waals surface area contributed by atoms with E-state index in [0.29, 0.717) is 11.6 Å². The molecule has 1 atom stereocenters. The molecule has 3 N–H and O–H groups in total. The second-order valence-electron chi connectivity index (χ2n) is 6.10. The van der Waals surface area contributed by atoms with Crippen LogP contribution in [0.3, 0.4) is 0 Å². The van der Waals surface area contributed by atoms with Gasteiger partial charge >= 0.3 is 0 Å². The van der Waals surface area contributed by atoms with Crippen molar-refractivity contribution in [3.63, 3.8) is 0 Å². The molecule has 0 aromatic carbocycles. The van der Waals surface area contributed by atoms with Gasteiger partial charge in [-0.15, -0.1) is 0 Å². The first kappa shape index (κ1) is 16.0. The molecule has 0 radical (unpaired) electrons. The highest BCUT2D eigenvalue weighted by molar-refractivity contribution is 7.89. The molecule has 1 aromatic heterocycles. The lowest BCUT2D eigenvalue weighted by atomic mass is 9.93. The van der Waals surface area contributed by atoms with Crippen LogP contribution in [0.5, 0.6) is 0 Å². The lowest BCUT2D eigenvalue weighted by Crippen LogP contribution is -2.37. The standard InChI is InChI=1S/C14H23N3O3S/c1-9(2)10(3)16-14(18)13-7-12(21(15,19)20)8-17(13)11-5-4-6-11/h7-11H,4-6H2,1-3H3,(H,16,18)(H2,15,19,20). The fraction of sp³-hybridized carbons (Fsp3) is 0.643. The van der Waals surface area contributed by atoms with Gasteiger partial charge in [-0.2, -0.15) is 0 Å². The van der Waals surface area contributed by atoms with E-state index in [9.17, 15) is 13.2 Å². The lowest BCUT2D eigenvalue weighted by Gasteiger charge is -2.29. The summed E-state index contributed by atoms with van der Waals surface area (Å²) in [5, 5.41) is 8.08. The molecule has 118 valence electrons. The Balaban J connectivity index is 2.32. The topological polar surface area (TPSA) is 94.2 Å². The van der Waals surface area contributed by atoms with Gasteiger partial charge in [-0.05, 0) is 38.2 Å². The Kier molecular flexibility index (Phi) is 4.43. The number of primary sulfonamides is 1. The van der Waals surface area contributed by atoms with E-state index in [1.807, 2.05) is 20.8 Å². The molecule has 21 heavy (non-hydrogen) atoms. The summed E-state index contributed by atoms with van der Waals surface area (Å²) < 4.78 is 24.8. The van der Waals surface area contributed by atoms with Gasteiger partial charge in [0, 0.05) is 18.3 Å². The predicted molar refractivity (Wildman–Crippen MR) is 80.5 cm³/mol. The first-order valence-electron chi connectivity index (χ1n) is 7.25. The minimum Gasteiger partial charge on any atom is -0.348 e. The van der Waals surface area contributed by atoms with Gasteiger partial charge in [0.05, 0.1) is 0 Å². The third-order valence-electron chi connectivity index (χ3n) is 4.21. The van der Waals surface area contributed by atoms with E-state index in [-0.39, 0.29) is 22.9 Å². The second kappa shape index (κ2) is 5.81. The Morgan fingerprint density at radius 2 is 2.00 bits per heavy atom. The van der Waals surface area contributed by atoms with Crippen molar-refractivity contribution >= 4 is 15.9 Å². The molecule has 2 rings (SSSR count). The average Bonchev–Trinajstić information content (AvgIpc) is 2.70. The van der Waals surface area contributed by atoms with Gasteiger partial charge < -0.3 is 9.88 Å². The van der Waals surface area contributed by atoms with Gasteiger partial charge in [0.2, 0.25) is 10.0 Å². The van der Waals surface area contributed by atoms with Crippen molar-refractivity contribution in [1.29, 1.82) is 0 Å². The molecule has 1 aliphatic rings. The Morgan fingerprint density at radius 3 is 2.43 bits per heavy atom. The smallest absolute Gasteiger partial charge is 0.268 e. The van der Waals surface area contributed by atoms with Crippen molar-refractivity contribution in [2.75, 3.05) is 0 Å². The highest BCUT2D eigenvalue weighted by atomic mass is 32.2. The van der Waals surface area contributed by atoms with Crippen LogP contribution in [-0.4, -0.2) is 24.9 Å². The van der Waals surface area contributed by atoms with E-state index in [4.69, 9.17) is 5.14 Å². The number of sulfonamides is 1. The molecule has 0 bridgehead atoms. The molecule has 0 aliphatic heterocycles. The maximum Gasteiger partial charge on any atom is 0.268 e. The largest absolute Gasteiger partial charge is 0.348 e. The first-order chi connectivity index (χ1) is 9.70. The molecular weight excluding hydrogens is 290 g/mol. The summed E-state index contributed by atoms with van der Waals surface area (Å²) in [4.78, 5) is 12.4. The molecular formula is C14H23N3O3S. The quantitative estimate of drug-likeness (QED) is 0.865. The number of carbonyl (C=O) groups is 1. The average molecular weight is 313 g/mol. The van der Waals surface area contributed by atoms with Gasteiger partial charge in [0.15, 0.2) is 0 Å². The van der Waals surface area contributed by atoms with Crippen LogP contribution in [0.1, 0.15) is 56.6 Å². The summed E-state index contributed by atoms with van der Waals surface area (Å²) in [5.41, 5.74) is 0.372. The molecule has 1 fully saturated rings. The van der Waals surface area contributed by atoms with Crippen LogP contribution in [0.4, 0.5) is 0 Å². The Hall–Kier alpha value is -1.34. The van der Waals surface area contributed by atoms with Crippen molar-refractivity contribution in [2.24, 2.45) is 11.1 Å². The van der Waals surface area contributed by atoms with Crippen molar-refractivity contribution in [2.45, 2.75) is 57.0 Å². The van der Waals surface area contributed by atoms with E-state index in [0.717, 1.165) is 19.3 Å². The van der Waals surface area contributed by atoms with Crippen LogP contribution in [0.25, 0.3) is 0 Å². The fourth-order valence-electron chi connectivity index (χ4n) is 2.21. The number of nitrogens with two attached hydrogens (primary N) is 1. The van der Waals surface area contributed by atoms with E-state index in [2.05, 4.69) is 5.32 Å². The molecule has 0 spiro atoms. The number of rotatable bonds is 5. The van der Waals surface area contributed by atoms with Crippen LogP contribution >= 0.6 is 0 Å². The lowest BCUT2D eigenvalue weighted by molar-refractivity contribution is 0.0915. The number of amides is 1. The minimum atomic E-state index is -3.80. The third-order valence-corrected chi connectivity index (χ3v) is 5.09. The van der Waals surface area contributed by atoms with E-state index < -0.39 is 10.0 Å². The highest BCUT2D eigenvalue weighted by Gasteiger charge is 2.27. The summed E-state index contributed by atoms with van der Waals surface area (Å²) in [6.07, 6.45) is 4.49. The van der Waals surface area contributed by atoms with Crippen LogP contribution < -0.4 is 10.5 Å². The van der Waals surface area contributed by atoms with Gasteiger partial charge in [0.25, 0.3) is 5.91 Å². The zero-order valence-electron chi connectivity index (χ0n) is 12.7. The monoisotopic (exact) mass is 313 g/mol. The third kappa shape index (κ3) is 3.47. The van der Waals surface area contributed by atoms with Gasteiger partial charge in [0.1, 0.15) is 10.6 Å². The summed E-state index contributed by atoms with van der Waals surface area (Å²) in [7, 11) is -3.80. The Bertz CT molecular complexity index is 630. The van der Waals surface area contributed by atoms with E-state index in [1.165, 1.54) is 12.3 Å². The first-order valence-corrected chi connectivity index (χ1v) is 8.80. The maximum atomic E-state index is 12.4. The second-order valence-corrected chi connectivity index (χ2v) is 7.67. The molecule has 0 saturated heterocycles. The van der Waals surface area contributed by atoms with E-state index in [1.54, 1.807) is 4.57 Å². The molecule has 1 saturated carbocycles. The van der Waals surface area contributed by atoms with Crippen molar-refractivity contribution in [1.82, 2.24) is 9.88 Å². The Labute approximate surface area is 125 Å². The maximum absolute atomic E-state index is 12.4. The molecule has 6 nitrogen and oxygen atoms in total. The number of hydrogen-bond acceptors (Lipinski definition) is 3. The minimum absolute atomic E-state index is 0.00301. The summed E-state index contributed by atoms with van der Waals surface area (Å²) >= 11 is 0. The van der Waals surface area contributed by atoms with Crippen molar-refractivity contribution in [3.05, 3.63) is 18.0 Å². The zero-order chi connectivity index (χ0) is 15.8. The molecule has 1 unspecified atom stereocenters. The van der Waals surface area contributed by atoms with Crippen molar-refractivity contribution < 1.29 is 13.2 Å². The summed E-state index contributed by atoms with van der Waals surface area (Å²) in [5.74, 6) is 0.0526. The molecule has 1 aromatic rings. The molecule has 1 amide bonds. The van der Waals surface area contributed by atoms with Gasteiger partial charge in [-0.1, -0.05) is 13.8 Å². The molecule has 1 aliphatic carbocycles. The number of hydrogen-bond donors (Lipinski definition) is 2. The van der Waals surface area contributed by atoms with Gasteiger partial charge in [-0.3, -0.25) is 4.79 Å². The zero-order valence-corrected chi connectivity index (χ0v) is 13.5. The Morgan fingerprint density at radius 1 is 1.38 bits per heavy atom. The predicted octanol–water partition coefficient (Wildman–Crippen LogP) is 1.63. The number of aromatic nitrogens is 1. The molecule has 1 heterocycles. The summed E-state index contributed by atoms with van der Waals surface area (Å²) in [6, 6.07) is 1.58. The van der Waals surface area contributed by atoms with Gasteiger partial charge in [-0.25, -0.2) is 13.6 Å².